The van der Waals surface area contributed by atoms with E-state index < -0.39 is 23.5 Å². The average Bonchev–Trinajstić information content (AvgIpc) is 1.80. The van der Waals surface area contributed by atoms with Gasteiger partial charge in [0.05, 0.1) is 0 Å². The Morgan fingerprint density at radius 2 is 1.85 bits per heavy atom. The maximum Gasteiger partial charge on any atom is 0.408 e. The molecule has 1 aliphatic heterocycles. The van der Waals surface area contributed by atoms with Crippen LogP contribution in [0.3, 0.4) is 0 Å². The third-order valence-electron chi connectivity index (χ3n) is 2.15. The van der Waals surface area contributed by atoms with E-state index in [1.165, 1.54) is 0 Å². The van der Waals surface area contributed by atoms with Crippen molar-refractivity contribution in [2.24, 2.45) is 5.73 Å². The lowest BCUT2D eigenvalue weighted by Gasteiger charge is -2.44. The molecule has 7 nitrogen and oxygen atoms in total. The van der Waals surface area contributed by atoms with Crippen LogP contribution in [0, 0.1) is 0 Å². The van der Waals surface area contributed by atoms with Gasteiger partial charge in [-0.25, -0.2) is 9.59 Å². The van der Waals surface area contributed by atoms with Gasteiger partial charge < -0.3 is 15.9 Å². The van der Waals surface area contributed by atoms with Gasteiger partial charge in [0, 0.05) is 13.0 Å². The van der Waals surface area contributed by atoms with E-state index in [-0.39, 0.29) is 13.0 Å². The van der Waals surface area contributed by atoms with Gasteiger partial charge in [0.2, 0.25) is 5.54 Å². The van der Waals surface area contributed by atoms with Gasteiger partial charge in [0.1, 0.15) is 0 Å². The van der Waals surface area contributed by atoms with Crippen LogP contribution < -0.4 is 5.73 Å². The molecular weight excluding hydrogens is 180 g/mol. The van der Waals surface area contributed by atoms with Gasteiger partial charge in [-0.2, -0.15) is 0 Å². The van der Waals surface area contributed by atoms with E-state index in [1.807, 2.05) is 0 Å². The third-order valence-corrected chi connectivity index (χ3v) is 2.15. The molecule has 0 radical (unpaired) electrons. The van der Waals surface area contributed by atoms with Crippen molar-refractivity contribution < 1.29 is 24.6 Å². The Morgan fingerprint density at radius 3 is 1.92 bits per heavy atom. The molecule has 4 N–H and O–H groups in total. The molecule has 7 heteroatoms. The molecule has 0 bridgehead atoms. The zero-order valence-electron chi connectivity index (χ0n) is 6.56. The van der Waals surface area contributed by atoms with Gasteiger partial charge in [-0.15, -0.1) is 0 Å². The Balaban J connectivity index is 3.01. The van der Waals surface area contributed by atoms with Gasteiger partial charge in [0.15, 0.2) is 0 Å². The molecule has 0 aromatic heterocycles. The largest absolute Gasteiger partial charge is 0.479 e. The summed E-state index contributed by atoms with van der Waals surface area (Å²) in [5.41, 5.74) is 2.79. The number of carbonyl (C=O) groups is 3. The Kier molecular flexibility index (Phi) is 1.87. The Labute approximate surface area is 72.7 Å². The molecule has 0 aromatic rings. The number of rotatable bonds is 2. The normalized spacial score (nSPS) is 26.3. The number of nitrogens with two attached hydrogens (primary N) is 1. The zero-order chi connectivity index (χ0) is 10.2. The van der Waals surface area contributed by atoms with Gasteiger partial charge in [-0.3, -0.25) is 9.69 Å². The molecule has 13 heavy (non-hydrogen) atoms. The van der Waals surface area contributed by atoms with E-state index in [1.54, 1.807) is 0 Å². The fraction of sp³-hybridized carbons (Fsp3) is 0.500. The van der Waals surface area contributed by atoms with E-state index in [9.17, 15) is 14.4 Å². The van der Waals surface area contributed by atoms with Crippen LogP contribution in [0.15, 0.2) is 0 Å². The van der Waals surface area contributed by atoms with Crippen molar-refractivity contribution in [1.29, 1.82) is 0 Å². The van der Waals surface area contributed by atoms with Crippen LogP contribution in [0.25, 0.3) is 0 Å². The first-order valence-corrected chi connectivity index (χ1v) is 3.47. The Hall–Kier alpha value is -1.79. The number of amides is 2. The summed E-state index contributed by atoms with van der Waals surface area (Å²) in [6.07, 6.45) is -1.52. The van der Waals surface area contributed by atoms with E-state index in [0.717, 1.165) is 0 Å². The maximum absolute atomic E-state index is 10.8. The van der Waals surface area contributed by atoms with E-state index in [2.05, 4.69) is 0 Å². The predicted molar refractivity (Wildman–Crippen MR) is 38.9 cm³/mol. The molecule has 1 fully saturated rings. The van der Waals surface area contributed by atoms with E-state index in [4.69, 9.17) is 15.9 Å². The number of carbonyl (C=O) groups excluding carboxylic acids is 1. The van der Waals surface area contributed by atoms with Crippen LogP contribution in [-0.2, 0) is 9.59 Å². The molecule has 2 amide bonds. The van der Waals surface area contributed by atoms with Crippen molar-refractivity contribution in [1.82, 2.24) is 4.90 Å². The van der Waals surface area contributed by atoms with Crippen molar-refractivity contribution in [2.75, 3.05) is 6.54 Å². The van der Waals surface area contributed by atoms with E-state index >= 15 is 0 Å². The smallest absolute Gasteiger partial charge is 0.408 e. The Morgan fingerprint density at radius 1 is 1.31 bits per heavy atom. The van der Waals surface area contributed by atoms with E-state index in [0.29, 0.717) is 4.90 Å². The topological polar surface area (TPSA) is 121 Å². The summed E-state index contributed by atoms with van der Waals surface area (Å²) < 4.78 is 0. The van der Waals surface area contributed by atoms with Crippen LogP contribution in [-0.4, -0.2) is 45.2 Å². The highest BCUT2D eigenvalue weighted by Gasteiger charge is 2.59. The summed E-state index contributed by atoms with van der Waals surface area (Å²) in [5.74, 6) is -2.66. The second-order valence-corrected chi connectivity index (χ2v) is 2.71. The molecule has 1 heterocycles. The highest BCUT2D eigenvalue weighted by atomic mass is 16.4. The molecular formula is C6H8N2O5. The summed E-state index contributed by atoms with van der Waals surface area (Å²) in [5, 5.41) is 17.2. The second-order valence-electron chi connectivity index (χ2n) is 2.71. The monoisotopic (exact) mass is 188 g/mol. The first-order valence-electron chi connectivity index (χ1n) is 3.47. The molecule has 1 rings (SSSR count). The summed E-state index contributed by atoms with van der Waals surface area (Å²) in [7, 11) is 0. The predicted octanol–water partition coefficient (Wildman–Crippen LogP) is -1.32. The highest BCUT2D eigenvalue weighted by molar-refractivity contribution is 6.09. The fourth-order valence-electron chi connectivity index (χ4n) is 1.29. The van der Waals surface area contributed by atoms with Crippen LogP contribution >= 0.6 is 0 Å². The number of carboxylic acids is 1. The standard InChI is InChI=1S/C6H8N2O5/c7-3(9)6(4(10)11)1-2-8(6)5(12)13/h1-2H2,(H2,7,9)(H,10,11)(H,12,13)/t6-/m0/s1. The molecule has 0 unspecified atom stereocenters. The number of hydrogen-bond donors (Lipinski definition) is 3. The fourth-order valence-corrected chi connectivity index (χ4v) is 1.29. The molecule has 72 valence electrons. The number of primary amides is 1. The minimum atomic E-state index is -2.05. The number of nitrogens with zero attached hydrogens (tertiary/aromatic N) is 1. The number of carboxylic acid groups (broad SMARTS) is 2. The van der Waals surface area contributed by atoms with Gasteiger partial charge in [0.25, 0.3) is 5.91 Å². The molecule has 0 aromatic carbocycles. The molecule has 1 aliphatic rings. The van der Waals surface area contributed by atoms with Crippen LogP contribution in [0.4, 0.5) is 4.79 Å². The molecule has 1 atom stereocenters. The van der Waals surface area contributed by atoms with Gasteiger partial charge >= 0.3 is 12.1 Å². The van der Waals surface area contributed by atoms with Crippen LogP contribution in [0.1, 0.15) is 6.42 Å². The maximum atomic E-state index is 10.8. The van der Waals surface area contributed by atoms with Crippen molar-refractivity contribution in [3.05, 3.63) is 0 Å². The second kappa shape index (κ2) is 2.61. The van der Waals surface area contributed by atoms with Crippen molar-refractivity contribution in [2.45, 2.75) is 12.0 Å². The molecule has 0 aliphatic carbocycles. The molecule has 1 saturated heterocycles. The van der Waals surface area contributed by atoms with Crippen molar-refractivity contribution in [3.8, 4) is 0 Å². The number of hydrogen-bond acceptors (Lipinski definition) is 3. The van der Waals surface area contributed by atoms with Gasteiger partial charge in [-0.1, -0.05) is 0 Å². The minimum absolute atomic E-state index is 0.0184. The van der Waals surface area contributed by atoms with Crippen molar-refractivity contribution in [3.63, 3.8) is 0 Å². The summed E-state index contributed by atoms with van der Waals surface area (Å²) in [6.45, 7) is 0.0184. The first-order chi connectivity index (χ1) is 5.93. The SMILES string of the molecule is NC(=O)[C@]1(C(=O)O)CCN1C(=O)O. The summed E-state index contributed by atoms with van der Waals surface area (Å²) in [4.78, 5) is 32.4. The zero-order valence-corrected chi connectivity index (χ0v) is 6.56. The number of likely N-dealkylation sites (tertiary alicyclic amines) is 1. The summed E-state index contributed by atoms with van der Waals surface area (Å²) >= 11 is 0. The lowest BCUT2D eigenvalue weighted by Crippen LogP contribution is -2.72. The first kappa shape index (κ1) is 9.30. The lowest BCUT2D eigenvalue weighted by molar-refractivity contribution is -0.164. The average molecular weight is 188 g/mol. The third kappa shape index (κ3) is 1.00. The number of aliphatic carboxylic acids is 1. The van der Waals surface area contributed by atoms with Crippen LogP contribution in [0.2, 0.25) is 0 Å². The quantitative estimate of drug-likeness (QED) is 0.464. The van der Waals surface area contributed by atoms with Crippen LogP contribution in [0.5, 0.6) is 0 Å². The highest BCUT2D eigenvalue weighted by Crippen LogP contribution is 2.30. The van der Waals surface area contributed by atoms with Gasteiger partial charge in [-0.05, 0) is 0 Å². The molecule has 0 saturated carbocycles. The van der Waals surface area contributed by atoms with Crippen molar-refractivity contribution >= 4 is 18.0 Å². The summed E-state index contributed by atoms with van der Waals surface area (Å²) in [6, 6.07) is 0. The minimum Gasteiger partial charge on any atom is -0.479 e. The Bertz CT molecular complexity index is 273. The molecule has 0 spiro atoms. The lowest BCUT2D eigenvalue weighted by atomic mass is 9.84.